The molecule has 0 saturated carbocycles. The molecule has 0 amide bonds. The van der Waals surface area contributed by atoms with Gasteiger partial charge in [-0.2, -0.15) is 16.8 Å². The minimum absolute atomic E-state index is 0.0125. The standard InChI is InChI=1S/C15H22N6O5S.2C4H10O6S2/c1-27(3-2-7(16)15(24)25)4-8-10(22)11(23)14(26-8)21-6-20-9-12(17)18-5-19-13(9)21;2*5-11(6,7)3-1-2-4-12(8,9)10/h5-8,10-11,14,22-23H,2-4,16H2,1H3,(H2-,17,18,19,24,25);2*1-4H2,(H,5,6,7)(H,8,9,10)/p-1/t7-,8+,10+,11+,14+,27?;;/m0../s1/i1D3;;. The number of hydrogen-bond acceptors (Lipinski definition) is 19. The van der Waals surface area contributed by atoms with Crippen LogP contribution in [-0.4, -0.2) is 158 Å². The Hall–Kier alpha value is -2.35. The Bertz CT molecular complexity index is 1830. The van der Waals surface area contributed by atoms with Crippen molar-refractivity contribution in [2.24, 2.45) is 5.73 Å². The van der Waals surface area contributed by atoms with E-state index < -0.39 is 117 Å². The Morgan fingerprint density at radius 1 is 0.941 bits per heavy atom. The van der Waals surface area contributed by atoms with Crippen molar-refractivity contribution in [3.8, 4) is 0 Å². The molecule has 0 bridgehead atoms. The van der Waals surface area contributed by atoms with E-state index in [1.807, 2.05) is 0 Å². The lowest BCUT2D eigenvalue weighted by molar-refractivity contribution is -0.138. The highest BCUT2D eigenvalue weighted by atomic mass is 32.2. The Balaban J connectivity index is 0.000000501. The lowest BCUT2D eigenvalue weighted by Crippen LogP contribution is -2.37. The number of nitrogens with two attached hydrogens (primary N) is 2. The van der Waals surface area contributed by atoms with E-state index in [1.165, 1.54) is 17.2 Å². The maximum Gasteiger partial charge on any atom is 0.320 e. The van der Waals surface area contributed by atoms with Crippen LogP contribution in [0.15, 0.2) is 12.7 Å². The zero-order valence-electron chi connectivity index (χ0n) is 29.4. The van der Waals surface area contributed by atoms with Gasteiger partial charge >= 0.3 is 5.97 Å². The molecule has 3 heterocycles. The SMILES string of the molecule is O=S(=O)(O)CCCCS(=O)(=O)O.O=S(=O)([O-])CCCCS(=O)(=O)[O-].[2H]C([2H])([2H])[S+](CC[C@H](N)C(=O)O)C[C@H]1O[C@@H](n2cnc3c(N)ncnc32)[C@H](O)[C@@H]1O. The van der Waals surface area contributed by atoms with Crippen LogP contribution in [0.2, 0.25) is 0 Å². The number of hydrogen-bond donors (Lipinski definition) is 7. The van der Waals surface area contributed by atoms with Crippen molar-refractivity contribution in [1.29, 1.82) is 0 Å². The number of imidazole rings is 1. The van der Waals surface area contributed by atoms with Gasteiger partial charge in [-0.05, 0) is 36.6 Å². The maximum atomic E-state index is 10.9. The number of anilines is 1. The van der Waals surface area contributed by atoms with Crippen LogP contribution in [0.5, 0.6) is 0 Å². The van der Waals surface area contributed by atoms with E-state index in [0.717, 1.165) is 0 Å². The number of nitrogens with zero attached hydrogens (tertiary/aromatic N) is 4. The molecule has 2 aromatic rings. The van der Waals surface area contributed by atoms with Crippen LogP contribution in [0.4, 0.5) is 5.82 Å². The molecule has 1 saturated heterocycles. The summed E-state index contributed by atoms with van der Waals surface area (Å²) < 4.78 is 147. The molecular formula is C23H41N6O17S5-. The fourth-order valence-corrected chi connectivity index (χ4v) is 7.58. The van der Waals surface area contributed by atoms with E-state index in [9.17, 15) is 57.8 Å². The number of rotatable bonds is 17. The minimum Gasteiger partial charge on any atom is -0.748 e. The number of carboxylic acids is 1. The third kappa shape index (κ3) is 19.3. The number of carbonyl (C=O) groups is 1. The molecule has 1 unspecified atom stereocenters. The normalized spacial score (nSPS) is 22.0. The molecule has 1 aliphatic heterocycles. The van der Waals surface area contributed by atoms with Crippen molar-refractivity contribution in [3.63, 3.8) is 0 Å². The highest BCUT2D eigenvalue weighted by Gasteiger charge is 2.46. The summed E-state index contributed by atoms with van der Waals surface area (Å²) in [5.74, 6) is -3.36. The van der Waals surface area contributed by atoms with E-state index in [4.69, 9.17) is 34.5 Å². The minimum atomic E-state index is -4.29. The van der Waals surface area contributed by atoms with Gasteiger partial charge in [0.1, 0.15) is 47.7 Å². The van der Waals surface area contributed by atoms with Gasteiger partial charge in [-0.25, -0.2) is 31.8 Å². The van der Waals surface area contributed by atoms with Crippen molar-refractivity contribution in [3.05, 3.63) is 12.7 Å². The summed E-state index contributed by atoms with van der Waals surface area (Å²) in [5, 5.41) is 29.9. The quantitative estimate of drug-likeness (QED) is 0.0461. The molecule has 0 spiro atoms. The number of carboxylic acid groups (broad SMARTS) is 1. The van der Waals surface area contributed by atoms with E-state index in [2.05, 4.69) is 15.0 Å². The van der Waals surface area contributed by atoms with Crippen molar-refractivity contribution < 1.29 is 80.8 Å². The molecule has 51 heavy (non-hydrogen) atoms. The van der Waals surface area contributed by atoms with Crippen molar-refractivity contribution in [2.45, 2.75) is 62.7 Å². The molecule has 1 fully saturated rings. The van der Waals surface area contributed by atoms with Gasteiger partial charge in [-0.15, -0.1) is 0 Å². The Morgan fingerprint density at radius 2 is 1.45 bits per heavy atom. The van der Waals surface area contributed by atoms with Crippen LogP contribution in [0.25, 0.3) is 11.2 Å². The summed E-state index contributed by atoms with van der Waals surface area (Å²) in [6, 6.07) is -1.18. The fraction of sp³-hybridized carbons (Fsp3) is 0.739. The van der Waals surface area contributed by atoms with Gasteiger partial charge in [-0.1, -0.05) is 0 Å². The van der Waals surface area contributed by atoms with Crippen LogP contribution in [-0.2, 0) is 60.9 Å². The predicted octanol–water partition coefficient (Wildman–Crippen LogP) is -3.52. The largest absolute Gasteiger partial charge is 0.748 e. The summed E-state index contributed by atoms with van der Waals surface area (Å²) in [6.07, 6.45) is -4.81. The average Bonchev–Trinajstić information content (AvgIpc) is 3.55. The Labute approximate surface area is 301 Å². The third-order valence-corrected chi connectivity index (χ3v) is 11.1. The highest BCUT2D eigenvalue weighted by molar-refractivity contribution is 7.96. The predicted molar refractivity (Wildman–Crippen MR) is 179 cm³/mol. The summed E-state index contributed by atoms with van der Waals surface area (Å²) in [4.78, 5) is 22.9. The monoisotopic (exact) mass is 836 g/mol. The number of aliphatic hydroxyl groups excluding tert-OH is 2. The smallest absolute Gasteiger partial charge is 0.320 e. The Morgan fingerprint density at radius 3 is 1.90 bits per heavy atom. The summed E-state index contributed by atoms with van der Waals surface area (Å²) >= 11 is 0. The fourth-order valence-electron chi connectivity index (χ4n) is 3.95. The van der Waals surface area contributed by atoms with Crippen molar-refractivity contribution in [1.82, 2.24) is 19.5 Å². The average molecular weight is 837 g/mol. The first-order chi connectivity index (χ1) is 24.4. The molecular weight excluding hydrogens is 793 g/mol. The van der Waals surface area contributed by atoms with Gasteiger partial charge < -0.3 is 40.6 Å². The van der Waals surface area contributed by atoms with E-state index in [1.54, 1.807) is 0 Å². The summed E-state index contributed by atoms with van der Waals surface area (Å²) in [6.45, 7) is 0. The number of aromatic nitrogens is 4. The van der Waals surface area contributed by atoms with Crippen LogP contribution >= 0.6 is 0 Å². The van der Waals surface area contributed by atoms with E-state index in [-0.39, 0.29) is 49.4 Å². The van der Waals surface area contributed by atoms with Gasteiger partial charge in [-0.3, -0.25) is 18.5 Å². The van der Waals surface area contributed by atoms with E-state index in [0.29, 0.717) is 11.2 Å². The number of nitrogen functional groups attached to an aromatic ring is 1. The second-order valence-corrected chi connectivity index (χ2v) is 18.7. The van der Waals surface area contributed by atoms with Crippen molar-refractivity contribution >= 4 is 74.3 Å². The molecule has 6 atom stereocenters. The summed E-state index contributed by atoms with van der Waals surface area (Å²) in [7, 11) is -17.9. The topological polar surface area (TPSA) is 406 Å². The first-order valence-corrected chi connectivity index (χ1v) is 22.2. The summed E-state index contributed by atoms with van der Waals surface area (Å²) in [5.41, 5.74) is 11.8. The number of fused-ring (bicyclic) bond motifs is 1. The number of aliphatic hydroxyl groups is 2. The second-order valence-electron chi connectivity index (χ2n) is 10.7. The molecule has 296 valence electrons. The molecule has 9 N–H and O–H groups in total. The van der Waals surface area contributed by atoms with Crippen LogP contribution in [0.3, 0.4) is 0 Å². The zero-order valence-corrected chi connectivity index (χ0v) is 30.5. The molecule has 2 aromatic heterocycles. The van der Waals surface area contributed by atoms with Gasteiger partial charge in [0.2, 0.25) is 0 Å². The van der Waals surface area contributed by atoms with Crippen LogP contribution in [0, 0.1) is 0 Å². The molecule has 0 aromatic carbocycles. The number of ether oxygens (including phenoxy) is 1. The molecule has 0 aliphatic carbocycles. The molecule has 28 heteroatoms. The third-order valence-electron chi connectivity index (χ3n) is 6.45. The molecule has 3 rings (SSSR count). The second kappa shape index (κ2) is 20.2. The Kier molecular flexibility index (Phi) is 16.4. The lowest BCUT2D eigenvalue weighted by atomic mass is 10.1. The zero-order chi connectivity index (χ0) is 41.9. The lowest BCUT2D eigenvalue weighted by Gasteiger charge is -2.16. The maximum absolute atomic E-state index is 10.9. The molecule has 1 aliphatic rings. The van der Waals surface area contributed by atoms with E-state index >= 15 is 0 Å². The first kappa shape index (κ1) is 41.4. The first-order valence-electron chi connectivity index (χ1n) is 15.8. The number of aliphatic carboxylic acids is 1. The van der Waals surface area contributed by atoms with Crippen LogP contribution < -0.4 is 11.5 Å². The number of unbranched alkanes of at least 4 members (excludes halogenated alkanes) is 2. The molecule has 23 nitrogen and oxygen atoms in total. The van der Waals surface area contributed by atoms with Gasteiger partial charge in [0, 0.05) is 17.9 Å². The van der Waals surface area contributed by atoms with Gasteiger partial charge in [0.05, 0.1) is 48.4 Å². The van der Waals surface area contributed by atoms with Gasteiger partial charge in [0.15, 0.2) is 17.7 Å². The van der Waals surface area contributed by atoms with Gasteiger partial charge in [0.25, 0.3) is 20.2 Å². The van der Waals surface area contributed by atoms with Crippen LogP contribution in [0.1, 0.15) is 42.4 Å². The molecule has 0 radical (unpaired) electrons. The van der Waals surface area contributed by atoms with Crippen molar-refractivity contribution in [2.75, 3.05) is 46.4 Å². The highest BCUT2D eigenvalue weighted by Crippen LogP contribution is 2.32.